The van der Waals surface area contributed by atoms with E-state index in [9.17, 15) is 26.7 Å². The highest BCUT2D eigenvalue weighted by Crippen LogP contribution is 2.34. The lowest BCUT2D eigenvalue weighted by Gasteiger charge is -2.18. The van der Waals surface area contributed by atoms with Crippen LogP contribution in [0.3, 0.4) is 0 Å². The Kier molecular flexibility index (Phi) is 4.76. The molecule has 0 atom stereocenters. The first-order chi connectivity index (χ1) is 11.1. The van der Waals surface area contributed by atoms with E-state index < -0.39 is 53.2 Å². The fourth-order valence-corrected chi connectivity index (χ4v) is 1.88. The molecule has 0 unspecified atom stereocenters. The second-order valence-electron chi connectivity index (χ2n) is 4.75. The normalized spacial score (nSPS) is 11.5. The van der Waals surface area contributed by atoms with Gasteiger partial charge in [-0.15, -0.1) is 0 Å². The van der Waals surface area contributed by atoms with Gasteiger partial charge in [0.05, 0.1) is 5.56 Å². The lowest BCUT2D eigenvalue weighted by atomic mass is 10.2. The second kappa shape index (κ2) is 6.46. The van der Waals surface area contributed by atoms with E-state index in [0.29, 0.717) is 4.90 Å². The number of aromatic nitrogens is 1. The van der Waals surface area contributed by atoms with Crippen LogP contribution < -0.4 is 9.64 Å². The van der Waals surface area contributed by atoms with Crippen LogP contribution >= 0.6 is 0 Å². The minimum atomic E-state index is -4.73. The molecule has 10 heteroatoms. The van der Waals surface area contributed by atoms with Gasteiger partial charge in [-0.1, -0.05) is 11.2 Å². The number of ether oxygens (including phenoxy) is 1. The number of carbonyl (C=O) groups excluding carboxylic acids is 1. The second-order valence-corrected chi connectivity index (χ2v) is 4.75. The molecule has 0 fully saturated rings. The zero-order valence-electron chi connectivity index (χ0n) is 12.4. The van der Waals surface area contributed by atoms with Crippen LogP contribution in [0.25, 0.3) is 0 Å². The molecular formula is C14H11F5N2O3. The molecule has 0 aliphatic heterocycles. The third-order valence-corrected chi connectivity index (χ3v) is 3.12. The molecule has 0 saturated carbocycles. The van der Waals surface area contributed by atoms with Crippen LogP contribution in [0.15, 0.2) is 22.7 Å². The lowest BCUT2D eigenvalue weighted by molar-refractivity contribution is -0.143. The molecule has 0 spiro atoms. The molecule has 130 valence electrons. The Balaban J connectivity index is 2.10. The quantitative estimate of drug-likeness (QED) is 0.794. The van der Waals surface area contributed by atoms with Crippen molar-refractivity contribution in [1.29, 1.82) is 0 Å². The van der Waals surface area contributed by atoms with E-state index in [0.717, 1.165) is 32.2 Å². The molecule has 5 nitrogen and oxygen atoms in total. The fourth-order valence-electron chi connectivity index (χ4n) is 1.88. The smallest absolute Gasteiger partial charge is 0.437 e. The van der Waals surface area contributed by atoms with E-state index in [-0.39, 0.29) is 0 Å². The summed E-state index contributed by atoms with van der Waals surface area (Å²) in [6.07, 6.45) is -4.73. The van der Waals surface area contributed by atoms with Gasteiger partial charge in [-0.05, 0) is 19.1 Å². The van der Waals surface area contributed by atoms with Gasteiger partial charge in [0.15, 0.2) is 12.3 Å². The molecule has 0 aliphatic carbocycles. The van der Waals surface area contributed by atoms with Crippen LogP contribution in [0, 0.1) is 18.6 Å². The summed E-state index contributed by atoms with van der Waals surface area (Å²) in [4.78, 5) is 12.6. The topological polar surface area (TPSA) is 55.6 Å². The monoisotopic (exact) mass is 350 g/mol. The van der Waals surface area contributed by atoms with Crippen LogP contribution in [0.2, 0.25) is 0 Å². The van der Waals surface area contributed by atoms with Gasteiger partial charge in [0.2, 0.25) is 0 Å². The van der Waals surface area contributed by atoms with Crippen molar-refractivity contribution < 1.29 is 36.0 Å². The molecule has 1 aromatic heterocycles. The van der Waals surface area contributed by atoms with Crippen LogP contribution in [-0.2, 0) is 11.0 Å². The van der Waals surface area contributed by atoms with Gasteiger partial charge in [0.25, 0.3) is 5.91 Å². The fraction of sp³-hybridized carbons (Fsp3) is 0.286. The number of anilines is 1. The number of carbonyl (C=O) groups is 1. The number of hydrogen-bond donors (Lipinski definition) is 0. The van der Waals surface area contributed by atoms with E-state index in [1.807, 2.05) is 0 Å². The maximum absolute atomic E-state index is 13.6. The van der Waals surface area contributed by atoms with Crippen LogP contribution in [-0.4, -0.2) is 24.7 Å². The summed E-state index contributed by atoms with van der Waals surface area (Å²) in [5.74, 6) is -3.44. The average molecular weight is 350 g/mol. The summed E-state index contributed by atoms with van der Waals surface area (Å²) in [6, 6.07) is 3.04. The first-order valence-corrected chi connectivity index (χ1v) is 6.49. The molecule has 1 heterocycles. The summed E-state index contributed by atoms with van der Waals surface area (Å²) < 4.78 is 74.1. The van der Waals surface area contributed by atoms with Crippen molar-refractivity contribution >= 4 is 11.6 Å². The largest absolute Gasteiger partial charge is 0.453 e. The van der Waals surface area contributed by atoms with E-state index >= 15 is 0 Å². The molecule has 0 bridgehead atoms. The van der Waals surface area contributed by atoms with Gasteiger partial charge in [0, 0.05) is 7.05 Å². The van der Waals surface area contributed by atoms with Crippen LogP contribution in [0.1, 0.15) is 11.3 Å². The Bertz CT molecular complexity index is 737. The molecule has 2 rings (SSSR count). The van der Waals surface area contributed by atoms with Crippen LogP contribution in [0.5, 0.6) is 5.95 Å². The summed E-state index contributed by atoms with van der Waals surface area (Å²) >= 11 is 0. The summed E-state index contributed by atoms with van der Waals surface area (Å²) in [6.45, 7) is 0.261. The Morgan fingerprint density at radius 1 is 1.29 bits per heavy atom. The zero-order chi connectivity index (χ0) is 18.1. The number of nitrogens with zero attached hydrogens (tertiary/aromatic N) is 2. The molecule has 0 radical (unpaired) electrons. The molecule has 1 aromatic carbocycles. The van der Waals surface area contributed by atoms with Gasteiger partial charge in [-0.25, -0.2) is 8.78 Å². The number of rotatable bonds is 4. The standard InChI is InChI=1S/C14H11F5N2O3/c1-7-12(14(17,18)19)20-24-13(7)23-6-10(22)21(2)11-8(15)4-3-5-9(11)16/h3-5H,6H2,1-2H3. The van der Waals surface area contributed by atoms with Crippen molar-refractivity contribution in [2.45, 2.75) is 13.1 Å². The number of likely N-dealkylation sites (N-methyl/N-ethyl adjacent to an activating group) is 1. The van der Waals surface area contributed by atoms with E-state index in [4.69, 9.17) is 4.74 Å². The van der Waals surface area contributed by atoms with Crippen molar-refractivity contribution in [2.75, 3.05) is 18.6 Å². The Morgan fingerprint density at radius 3 is 2.38 bits per heavy atom. The van der Waals surface area contributed by atoms with Crippen molar-refractivity contribution in [1.82, 2.24) is 5.16 Å². The van der Waals surface area contributed by atoms with Crippen molar-refractivity contribution in [3.8, 4) is 5.95 Å². The average Bonchev–Trinajstić information content (AvgIpc) is 2.85. The van der Waals surface area contributed by atoms with Gasteiger partial charge in [-0.3, -0.25) is 4.79 Å². The van der Waals surface area contributed by atoms with E-state index in [1.165, 1.54) is 0 Å². The van der Waals surface area contributed by atoms with E-state index in [2.05, 4.69) is 9.68 Å². The minimum absolute atomic E-state index is 0.435. The number of benzene rings is 1. The number of para-hydroxylation sites is 1. The highest BCUT2D eigenvalue weighted by Gasteiger charge is 2.38. The van der Waals surface area contributed by atoms with Crippen molar-refractivity contribution in [3.05, 3.63) is 41.1 Å². The number of hydrogen-bond acceptors (Lipinski definition) is 4. The molecule has 24 heavy (non-hydrogen) atoms. The Hall–Kier alpha value is -2.65. The van der Waals surface area contributed by atoms with Crippen LogP contribution in [0.4, 0.5) is 27.6 Å². The predicted molar refractivity (Wildman–Crippen MR) is 71.5 cm³/mol. The highest BCUT2D eigenvalue weighted by molar-refractivity contribution is 5.94. The molecule has 0 aliphatic rings. The molecule has 0 saturated heterocycles. The third-order valence-electron chi connectivity index (χ3n) is 3.12. The molecular weight excluding hydrogens is 339 g/mol. The van der Waals surface area contributed by atoms with Crippen molar-refractivity contribution in [3.63, 3.8) is 0 Å². The summed E-state index contributed by atoms with van der Waals surface area (Å²) in [5, 5.41) is 2.83. The molecule has 2 aromatic rings. The number of halogens is 5. The minimum Gasteiger partial charge on any atom is -0.453 e. The first kappa shape index (κ1) is 17.7. The maximum atomic E-state index is 13.6. The SMILES string of the molecule is Cc1c(C(F)(F)F)noc1OCC(=O)N(C)c1c(F)cccc1F. The van der Waals surface area contributed by atoms with Gasteiger partial charge in [-0.2, -0.15) is 13.2 Å². The Morgan fingerprint density at radius 2 is 1.88 bits per heavy atom. The summed E-state index contributed by atoms with van der Waals surface area (Å²) in [7, 11) is 1.10. The van der Waals surface area contributed by atoms with Gasteiger partial charge >= 0.3 is 12.1 Å². The van der Waals surface area contributed by atoms with E-state index in [1.54, 1.807) is 0 Å². The van der Waals surface area contributed by atoms with Gasteiger partial charge in [0.1, 0.15) is 17.3 Å². The lowest BCUT2D eigenvalue weighted by Crippen LogP contribution is -2.32. The number of alkyl halides is 3. The molecule has 1 amide bonds. The highest BCUT2D eigenvalue weighted by atomic mass is 19.4. The molecule has 0 N–H and O–H groups in total. The van der Waals surface area contributed by atoms with Crippen molar-refractivity contribution in [2.24, 2.45) is 0 Å². The maximum Gasteiger partial charge on any atom is 0.437 e. The zero-order valence-corrected chi connectivity index (χ0v) is 12.4. The predicted octanol–water partition coefficient (Wildman–Crippen LogP) is 3.32. The Labute approximate surface area is 132 Å². The number of amides is 1. The van der Waals surface area contributed by atoms with Gasteiger partial charge < -0.3 is 14.2 Å². The third kappa shape index (κ3) is 3.47. The summed E-state index contributed by atoms with van der Waals surface area (Å²) in [5.41, 5.74) is -2.31. The first-order valence-electron chi connectivity index (χ1n) is 6.49.